The lowest BCUT2D eigenvalue weighted by molar-refractivity contribution is 0.0955. The molecule has 0 radical (unpaired) electrons. The maximum Gasteiger partial charge on any atom is 0.271 e. The number of hydrogen-bond donors (Lipinski definition) is 1. The lowest BCUT2D eigenvalue weighted by atomic mass is 10.1. The van der Waals surface area contributed by atoms with Crippen molar-refractivity contribution >= 4 is 23.2 Å². The average Bonchev–Trinajstić information content (AvgIpc) is 2.56. The second-order valence-electron chi connectivity index (χ2n) is 4.82. The van der Waals surface area contributed by atoms with Gasteiger partial charge in [0.2, 0.25) is 0 Å². The third kappa shape index (κ3) is 4.83. The Bertz CT molecular complexity index is 696. The molecule has 5 heteroatoms. The Morgan fingerprint density at radius 3 is 2.48 bits per heavy atom. The number of amides is 1. The van der Waals surface area contributed by atoms with Crippen LogP contribution in [-0.4, -0.2) is 18.2 Å². The zero-order chi connectivity index (χ0) is 16.7. The molecule has 4 nitrogen and oxygen atoms in total. The highest BCUT2D eigenvalue weighted by molar-refractivity contribution is 6.31. The van der Waals surface area contributed by atoms with Gasteiger partial charge in [-0.15, -0.1) is 0 Å². The van der Waals surface area contributed by atoms with Gasteiger partial charge in [-0.05, 0) is 55.3 Å². The summed E-state index contributed by atoms with van der Waals surface area (Å²) in [6.45, 7) is 4.48. The van der Waals surface area contributed by atoms with Gasteiger partial charge in [-0.25, -0.2) is 5.43 Å². The van der Waals surface area contributed by atoms with Crippen LogP contribution in [-0.2, 0) is 0 Å². The Kier molecular flexibility index (Phi) is 6.18. The third-order valence-corrected chi connectivity index (χ3v) is 3.45. The molecule has 1 amide bonds. The van der Waals surface area contributed by atoms with Gasteiger partial charge in [-0.2, -0.15) is 5.10 Å². The fourth-order valence-corrected chi connectivity index (χ4v) is 2.26. The van der Waals surface area contributed by atoms with Gasteiger partial charge in [-0.1, -0.05) is 30.7 Å². The van der Waals surface area contributed by atoms with E-state index in [0.29, 0.717) is 23.6 Å². The molecular weight excluding hydrogens is 312 g/mol. The zero-order valence-electron chi connectivity index (χ0n) is 13.2. The summed E-state index contributed by atoms with van der Waals surface area (Å²) in [6.07, 6.45) is 0.684. The van der Waals surface area contributed by atoms with E-state index < -0.39 is 0 Å². The van der Waals surface area contributed by atoms with E-state index in [0.717, 1.165) is 17.0 Å². The molecule has 0 atom stereocenters. The molecule has 2 aromatic carbocycles. The molecule has 120 valence electrons. The number of carbonyl (C=O) groups is 1. The summed E-state index contributed by atoms with van der Waals surface area (Å²) in [5.74, 6) is 0.474. The number of benzene rings is 2. The number of hydrogen-bond acceptors (Lipinski definition) is 3. The van der Waals surface area contributed by atoms with E-state index in [1.807, 2.05) is 32.0 Å². The van der Waals surface area contributed by atoms with Crippen molar-refractivity contribution in [1.29, 1.82) is 0 Å². The van der Waals surface area contributed by atoms with Crippen LogP contribution in [0.3, 0.4) is 0 Å². The molecule has 0 unspecified atom stereocenters. The first-order valence-corrected chi connectivity index (χ1v) is 7.87. The molecule has 0 bridgehead atoms. The van der Waals surface area contributed by atoms with Crippen LogP contribution in [0.5, 0.6) is 5.75 Å². The minimum Gasteiger partial charge on any atom is -0.494 e. The number of halogens is 1. The standard InChI is InChI=1S/C18H19ClN2O2/c1-3-17(14-6-5-7-15(19)12-14)20-21-18(22)13-8-10-16(11-9-13)23-4-2/h5-12H,3-4H2,1-2H3,(H,21,22). The number of nitrogens with one attached hydrogen (secondary N) is 1. The molecule has 0 fully saturated rings. The van der Waals surface area contributed by atoms with Crippen LogP contribution in [0.2, 0.25) is 5.02 Å². The Balaban J connectivity index is 2.09. The van der Waals surface area contributed by atoms with Crippen molar-refractivity contribution in [3.8, 4) is 5.75 Å². The Labute approximate surface area is 141 Å². The normalized spacial score (nSPS) is 11.2. The quantitative estimate of drug-likeness (QED) is 0.634. The summed E-state index contributed by atoms with van der Waals surface area (Å²) in [5.41, 5.74) is 4.78. The number of hydrazone groups is 1. The fraction of sp³-hybridized carbons (Fsp3) is 0.222. The third-order valence-electron chi connectivity index (χ3n) is 3.21. The second-order valence-corrected chi connectivity index (χ2v) is 5.26. The van der Waals surface area contributed by atoms with Crippen LogP contribution in [0, 0.1) is 0 Å². The van der Waals surface area contributed by atoms with Crippen LogP contribution >= 0.6 is 11.6 Å². The fourth-order valence-electron chi connectivity index (χ4n) is 2.07. The molecule has 0 aliphatic heterocycles. The highest BCUT2D eigenvalue weighted by atomic mass is 35.5. The highest BCUT2D eigenvalue weighted by Crippen LogP contribution is 2.14. The predicted octanol–water partition coefficient (Wildman–Crippen LogP) is 4.28. The zero-order valence-corrected chi connectivity index (χ0v) is 13.9. The van der Waals surface area contributed by atoms with E-state index in [-0.39, 0.29) is 5.91 Å². The monoisotopic (exact) mass is 330 g/mol. The van der Waals surface area contributed by atoms with Crippen LogP contribution in [0.4, 0.5) is 0 Å². The maximum absolute atomic E-state index is 12.1. The topological polar surface area (TPSA) is 50.7 Å². The molecule has 0 spiro atoms. The number of carbonyl (C=O) groups excluding carboxylic acids is 1. The highest BCUT2D eigenvalue weighted by Gasteiger charge is 2.07. The van der Waals surface area contributed by atoms with Crippen molar-refractivity contribution in [2.45, 2.75) is 20.3 Å². The summed E-state index contributed by atoms with van der Waals surface area (Å²) in [4.78, 5) is 12.1. The first-order chi connectivity index (χ1) is 11.1. The largest absolute Gasteiger partial charge is 0.494 e. The Hall–Kier alpha value is -2.33. The van der Waals surface area contributed by atoms with Crippen LogP contribution in [0.15, 0.2) is 53.6 Å². The van der Waals surface area contributed by atoms with Crippen molar-refractivity contribution in [2.75, 3.05) is 6.61 Å². The van der Waals surface area contributed by atoms with Gasteiger partial charge in [0, 0.05) is 10.6 Å². The predicted molar refractivity (Wildman–Crippen MR) is 93.4 cm³/mol. The van der Waals surface area contributed by atoms with Gasteiger partial charge in [0.25, 0.3) is 5.91 Å². The van der Waals surface area contributed by atoms with E-state index in [9.17, 15) is 4.79 Å². The van der Waals surface area contributed by atoms with Gasteiger partial charge < -0.3 is 4.74 Å². The molecule has 0 aliphatic rings. The number of ether oxygens (including phenoxy) is 1. The summed E-state index contributed by atoms with van der Waals surface area (Å²) in [5, 5.41) is 4.86. The molecular formula is C18H19ClN2O2. The van der Waals surface area contributed by atoms with E-state index in [4.69, 9.17) is 16.3 Å². The molecule has 1 N–H and O–H groups in total. The number of nitrogens with zero attached hydrogens (tertiary/aromatic N) is 1. The Morgan fingerprint density at radius 1 is 1.13 bits per heavy atom. The smallest absolute Gasteiger partial charge is 0.271 e. The molecule has 2 rings (SSSR count). The summed E-state index contributed by atoms with van der Waals surface area (Å²) >= 11 is 5.99. The molecule has 0 saturated carbocycles. The van der Waals surface area contributed by atoms with Gasteiger partial charge in [-0.3, -0.25) is 4.79 Å². The molecule has 0 heterocycles. The Morgan fingerprint density at radius 2 is 1.87 bits per heavy atom. The molecule has 0 saturated heterocycles. The SMILES string of the molecule is CCOc1ccc(C(=O)NN=C(CC)c2cccc(Cl)c2)cc1. The van der Waals surface area contributed by atoms with E-state index in [1.165, 1.54) is 0 Å². The number of rotatable bonds is 6. The lowest BCUT2D eigenvalue weighted by Gasteiger charge is -2.07. The van der Waals surface area contributed by atoms with Crippen LogP contribution < -0.4 is 10.2 Å². The van der Waals surface area contributed by atoms with Gasteiger partial charge in [0.05, 0.1) is 12.3 Å². The van der Waals surface area contributed by atoms with Crippen molar-refractivity contribution in [3.63, 3.8) is 0 Å². The van der Waals surface area contributed by atoms with E-state index in [2.05, 4.69) is 10.5 Å². The summed E-state index contributed by atoms with van der Waals surface area (Å²) < 4.78 is 5.35. The van der Waals surface area contributed by atoms with Crippen molar-refractivity contribution in [3.05, 3.63) is 64.7 Å². The molecule has 0 aliphatic carbocycles. The minimum absolute atomic E-state index is 0.263. The molecule has 0 aromatic heterocycles. The van der Waals surface area contributed by atoms with Gasteiger partial charge >= 0.3 is 0 Å². The van der Waals surface area contributed by atoms with E-state index >= 15 is 0 Å². The van der Waals surface area contributed by atoms with E-state index in [1.54, 1.807) is 30.3 Å². The van der Waals surface area contributed by atoms with Gasteiger partial charge in [0.15, 0.2) is 0 Å². The minimum atomic E-state index is -0.263. The lowest BCUT2D eigenvalue weighted by Crippen LogP contribution is -2.20. The first kappa shape index (κ1) is 17.0. The molecule has 2 aromatic rings. The van der Waals surface area contributed by atoms with Crippen LogP contribution in [0.1, 0.15) is 36.2 Å². The average molecular weight is 331 g/mol. The van der Waals surface area contributed by atoms with Crippen LogP contribution in [0.25, 0.3) is 0 Å². The first-order valence-electron chi connectivity index (χ1n) is 7.49. The summed E-state index contributed by atoms with van der Waals surface area (Å²) in [6, 6.07) is 14.3. The molecule has 23 heavy (non-hydrogen) atoms. The maximum atomic E-state index is 12.1. The van der Waals surface area contributed by atoms with Crippen molar-refractivity contribution < 1.29 is 9.53 Å². The van der Waals surface area contributed by atoms with Crippen molar-refractivity contribution in [1.82, 2.24) is 5.43 Å². The van der Waals surface area contributed by atoms with Gasteiger partial charge in [0.1, 0.15) is 5.75 Å². The van der Waals surface area contributed by atoms with Crippen molar-refractivity contribution in [2.24, 2.45) is 5.10 Å². The second kappa shape index (κ2) is 8.34. The summed E-state index contributed by atoms with van der Waals surface area (Å²) in [7, 11) is 0.